The molecule has 0 aliphatic carbocycles. The molecule has 0 amide bonds. The lowest BCUT2D eigenvalue weighted by atomic mass is 9.78. The Balaban J connectivity index is 2.63. The van der Waals surface area contributed by atoms with E-state index >= 15 is 0 Å². The summed E-state index contributed by atoms with van der Waals surface area (Å²) in [6, 6.07) is 0. The van der Waals surface area contributed by atoms with Crippen LogP contribution in [0.1, 0.15) is 58.8 Å². The molecular weight excluding hydrogens is 244 g/mol. The van der Waals surface area contributed by atoms with Crippen molar-refractivity contribution in [2.75, 3.05) is 0 Å². The molecule has 0 spiro atoms. The van der Waals surface area contributed by atoms with Gasteiger partial charge < -0.3 is 9.84 Å². The standard InChI is InChI=1S/C15H24O4/c1-3-5-6-7-8-9-10-15(12(16)4-2)11-13(17)19-14(15)18/h9-10,12,16H,3-8,11H2,1-2H3. The third-order valence-electron chi connectivity index (χ3n) is 3.64. The number of unbranched alkanes of at least 4 members (excludes halogenated alkanes) is 4. The summed E-state index contributed by atoms with van der Waals surface area (Å²) in [5.74, 6) is -1.16. The molecule has 1 N–H and O–H groups in total. The van der Waals surface area contributed by atoms with Crippen LogP contribution in [-0.4, -0.2) is 23.1 Å². The smallest absolute Gasteiger partial charge is 0.326 e. The Morgan fingerprint density at radius 2 is 2.05 bits per heavy atom. The van der Waals surface area contributed by atoms with Crippen molar-refractivity contribution >= 4 is 11.9 Å². The van der Waals surface area contributed by atoms with Gasteiger partial charge in [-0.15, -0.1) is 0 Å². The van der Waals surface area contributed by atoms with Crippen LogP contribution in [0.15, 0.2) is 12.2 Å². The molecule has 2 unspecified atom stereocenters. The maximum Gasteiger partial charge on any atom is 0.326 e. The van der Waals surface area contributed by atoms with Gasteiger partial charge in [0.2, 0.25) is 0 Å². The monoisotopic (exact) mass is 268 g/mol. The number of aliphatic hydroxyl groups is 1. The number of aliphatic hydroxyl groups excluding tert-OH is 1. The number of carbonyl (C=O) groups is 2. The maximum atomic E-state index is 11.8. The zero-order valence-electron chi connectivity index (χ0n) is 11.9. The number of hydrogen-bond donors (Lipinski definition) is 1. The molecule has 19 heavy (non-hydrogen) atoms. The minimum atomic E-state index is -1.16. The van der Waals surface area contributed by atoms with Gasteiger partial charge in [-0.2, -0.15) is 0 Å². The van der Waals surface area contributed by atoms with Crippen molar-refractivity contribution in [3.8, 4) is 0 Å². The number of esters is 2. The Bertz CT molecular complexity index is 348. The molecule has 1 rings (SSSR count). The normalized spacial score (nSPS) is 25.0. The molecule has 108 valence electrons. The van der Waals surface area contributed by atoms with Crippen LogP contribution in [-0.2, 0) is 14.3 Å². The highest BCUT2D eigenvalue weighted by Gasteiger charge is 2.51. The third kappa shape index (κ3) is 3.90. The Hall–Kier alpha value is -1.16. The van der Waals surface area contributed by atoms with Gasteiger partial charge in [-0.05, 0) is 19.3 Å². The Morgan fingerprint density at radius 3 is 2.58 bits per heavy atom. The number of hydrogen-bond acceptors (Lipinski definition) is 4. The third-order valence-corrected chi connectivity index (χ3v) is 3.64. The second-order valence-corrected chi connectivity index (χ2v) is 5.15. The van der Waals surface area contributed by atoms with Crippen LogP contribution in [0.25, 0.3) is 0 Å². The first-order valence-electron chi connectivity index (χ1n) is 7.17. The van der Waals surface area contributed by atoms with Gasteiger partial charge >= 0.3 is 11.9 Å². The van der Waals surface area contributed by atoms with Gasteiger partial charge in [0.1, 0.15) is 5.41 Å². The fourth-order valence-electron chi connectivity index (χ4n) is 2.38. The average Bonchev–Trinajstić information content (AvgIpc) is 2.68. The van der Waals surface area contributed by atoms with Gasteiger partial charge in [-0.1, -0.05) is 45.3 Å². The van der Waals surface area contributed by atoms with Crippen LogP contribution in [0.5, 0.6) is 0 Å². The summed E-state index contributed by atoms with van der Waals surface area (Å²) in [6.07, 6.45) is 8.56. The van der Waals surface area contributed by atoms with Crippen molar-refractivity contribution in [3.63, 3.8) is 0 Å². The highest BCUT2D eigenvalue weighted by molar-refractivity contribution is 5.99. The zero-order chi connectivity index (χ0) is 14.3. The van der Waals surface area contributed by atoms with E-state index in [-0.39, 0.29) is 6.42 Å². The number of rotatable bonds is 8. The van der Waals surface area contributed by atoms with Crippen LogP contribution in [0.4, 0.5) is 0 Å². The van der Waals surface area contributed by atoms with Gasteiger partial charge in [0.05, 0.1) is 12.5 Å². The second kappa shape index (κ2) is 7.43. The molecule has 1 fully saturated rings. The average molecular weight is 268 g/mol. The molecule has 0 bridgehead atoms. The van der Waals surface area contributed by atoms with Crippen molar-refractivity contribution in [1.29, 1.82) is 0 Å². The van der Waals surface area contributed by atoms with Gasteiger partial charge in [0.25, 0.3) is 0 Å². The first-order valence-corrected chi connectivity index (χ1v) is 7.17. The van der Waals surface area contributed by atoms with Crippen molar-refractivity contribution in [1.82, 2.24) is 0 Å². The van der Waals surface area contributed by atoms with Crippen molar-refractivity contribution in [2.45, 2.75) is 64.9 Å². The molecule has 0 saturated carbocycles. The van der Waals surface area contributed by atoms with Crippen LogP contribution in [0.3, 0.4) is 0 Å². The van der Waals surface area contributed by atoms with E-state index < -0.39 is 23.5 Å². The van der Waals surface area contributed by atoms with Crippen molar-refractivity contribution in [2.24, 2.45) is 5.41 Å². The lowest BCUT2D eigenvalue weighted by Crippen LogP contribution is -2.37. The van der Waals surface area contributed by atoms with Crippen LogP contribution < -0.4 is 0 Å². The van der Waals surface area contributed by atoms with E-state index in [1.54, 1.807) is 13.0 Å². The fraction of sp³-hybridized carbons (Fsp3) is 0.733. The first-order chi connectivity index (χ1) is 9.06. The Labute approximate surface area is 114 Å². The molecule has 0 aromatic carbocycles. The van der Waals surface area contributed by atoms with E-state index in [0.29, 0.717) is 6.42 Å². The molecule has 0 aromatic rings. The fourth-order valence-corrected chi connectivity index (χ4v) is 2.38. The van der Waals surface area contributed by atoms with Crippen molar-refractivity contribution < 1.29 is 19.4 Å². The summed E-state index contributed by atoms with van der Waals surface area (Å²) in [5, 5.41) is 10.0. The molecular formula is C15H24O4. The summed E-state index contributed by atoms with van der Waals surface area (Å²) in [4.78, 5) is 23.1. The van der Waals surface area contributed by atoms with Gasteiger partial charge in [-0.25, -0.2) is 0 Å². The minimum Gasteiger partial charge on any atom is -0.392 e. The lowest BCUT2D eigenvalue weighted by molar-refractivity contribution is -0.156. The number of carbonyl (C=O) groups excluding carboxylic acids is 2. The van der Waals surface area contributed by atoms with Crippen LogP contribution >= 0.6 is 0 Å². The van der Waals surface area contributed by atoms with Crippen LogP contribution in [0.2, 0.25) is 0 Å². The first kappa shape index (κ1) is 15.9. The predicted octanol–water partition coefficient (Wildman–Crippen LogP) is 2.74. The molecule has 1 aliphatic heterocycles. The summed E-state index contributed by atoms with van der Waals surface area (Å²) in [6.45, 7) is 3.94. The van der Waals surface area contributed by atoms with Crippen LogP contribution in [0, 0.1) is 5.41 Å². The summed E-state index contributed by atoms with van der Waals surface area (Å²) in [5.41, 5.74) is -1.16. The maximum absolute atomic E-state index is 11.8. The number of ether oxygens (including phenoxy) is 1. The second-order valence-electron chi connectivity index (χ2n) is 5.15. The van der Waals surface area contributed by atoms with E-state index in [1.165, 1.54) is 12.8 Å². The minimum absolute atomic E-state index is 0.0493. The predicted molar refractivity (Wildman–Crippen MR) is 72.3 cm³/mol. The quantitative estimate of drug-likeness (QED) is 0.318. The van der Waals surface area contributed by atoms with Gasteiger partial charge in [0.15, 0.2) is 0 Å². The summed E-state index contributed by atoms with van der Waals surface area (Å²) < 4.78 is 4.61. The highest BCUT2D eigenvalue weighted by Crippen LogP contribution is 2.37. The van der Waals surface area contributed by atoms with Gasteiger partial charge in [0, 0.05) is 0 Å². The molecule has 1 heterocycles. The zero-order valence-corrected chi connectivity index (χ0v) is 11.9. The molecule has 1 aliphatic rings. The summed E-state index contributed by atoms with van der Waals surface area (Å²) >= 11 is 0. The topological polar surface area (TPSA) is 63.6 Å². The Morgan fingerprint density at radius 1 is 1.32 bits per heavy atom. The molecule has 0 aromatic heterocycles. The molecule has 4 nitrogen and oxygen atoms in total. The number of cyclic esters (lactones) is 2. The largest absolute Gasteiger partial charge is 0.392 e. The molecule has 0 radical (unpaired) electrons. The molecule has 4 heteroatoms. The van der Waals surface area contributed by atoms with E-state index in [2.05, 4.69) is 11.7 Å². The van der Waals surface area contributed by atoms with E-state index in [9.17, 15) is 14.7 Å². The Kier molecular flexibility index (Phi) is 6.22. The highest BCUT2D eigenvalue weighted by atomic mass is 16.6. The molecule has 2 atom stereocenters. The van der Waals surface area contributed by atoms with E-state index in [4.69, 9.17) is 0 Å². The number of allylic oxidation sites excluding steroid dienone is 1. The van der Waals surface area contributed by atoms with Gasteiger partial charge in [-0.3, -0.25) is 9.59 Å². The van der Waals surface area contributed by atoms with E-state index in [0.717, 1.165) is 19.3 Å². The lowest BCUT2D eigenvalue weighted by Gasteiger charge is -2.25. The SMILES string of the molecule is CCCCCCC=CC1(C(O)CC)CC(=O)OC1=O. The molecule has 1 saturated heterocycles. The van der Waals surface area contributed by atoms with E-state index in [1.807, 2.05) is 6.08 Å². The summed E-state index contributed by atoms with van der Waals surface area (Å²) in [7, 11) is 0. The van der Waals surface area contributed by atoms with Crippen molar-refractivity contribution in [3.05, 3.63) is 12.2 Å².